The summed E-state index contributed by atoms with van der Waals surface area (Å²) in [5, 5.41) is 22.1. The van der Waals surface area contributed by atoms with E-state index in [1.807, 2.05) is 54.3 Å². The number of nitrogens with zero attached hydrogens (tertiary/aromatic N) is 2. The maximum Gasteiger partial charge on any atom is 0.573 e. The molecule has 1 aromatic heterocycles. The number of alkyl halides is 3. The number of carbonyl (C=O) groups is 1. The van der Waals surface area contributed by atoms with E-state index in [0.717, 1.165) is 50.7 Å². The van der Waals surface area contributed by atoms with Crippen molar-refractivity contribution in [2.75, 3.05) is 6.54 Å². The number of hydrogen-bond acceptors (Lipinski definition) is 4. The van der Waals surface area contributed by atoms with Crippen molar-refractivity contribution < 1.29 is 32.9 Å². The quantitative estimate of drug-likeness (QED) is 0.172. The molecule has 1 fully saturated rings. The third-order valence-electron chi connectivity index (χ3n) is 9.20. The Hall–Kier alpha value is -4.76. The molecule has 0 spiro atoms. The second kappa shape index (κ2) is 12.2. The van der Waals surface area contributed by atoms with E-state index in [0.29, 0.717) is 38.0 Å². The highest BCUT2D eigenvalue weighted by atomic mass is 19.4. The summed E-state index contributed by atoms with van der Waals surface area (Å²) >= 11 is 0. The Kier molecular flexibility index (Phi) is 8.29. The van der Waals surface area contributed by atoms with Crippen LogP contribution in [0.3, 0.4) is 0 Å². The van der Waals surface area contributed by atoms with Crippen molar-refractivity contribution in [3.63, 3.8) is 0 Å². The summed E-state index contributed by atoms with van der Waals surface area (Å²) in [6.45, 7) is 5.33. The fourth-order valence-corrected chi connectivity index (χ4v) is 6.57. The lowest BCUT2D eigenvalue weighted by molar-refractivity contribution is -0.274. The Morgan fingerprint density at radius 1 is 0.935 bits per heavy atom. The van der Waals surface area contributed by atoms with Gasteiger partial charge in [0, 0.05) is 35.8 Å². The molecule has 1 atom stereocenters. The first kappa shape index (κ1) is 31.2. The van der Waals surface area contributed by atoms with Gasteiger partial charge in [-0.25, -0.2) is 0 Å². The normalized spacial score (nSPS) is 17.1. The Morgan fingerprint density at radius 3 is 2.37 bits per heavy atom. The van der Waals surface area contributed by atoms with Gasteiger partial charge in [0.1, 0.15) is 17.0 Å². The first-order valence-electron chi connectivity index (χ1n) is 15.2. The van der Waals surface area contributed by atoms with E-state index in [-0.39, 0.29) is 11.5 Å². The minimum atomic E-state index is -4.75. The number of fused-ring (bicyclic) bond motifs is 1. The number of phenolic OH excluding ortho intramolecular Hbond substituents is 1. The van der Waals surface area contributed by atoms with Crippen molar-refractivity contribution in [2.24, 2.45) is 0 Å². The molecule has 0 amide bonds. The van der Waals surface area contributed by atoms with Gasteiger partial charge in [0.2, 0.25) is 0 Å². The lowest BCUT2D eigenvalue weighted by Crippen LogP contribution is -2.47. The van der Waals surface area contributed by atoms with E-state index >= 15 is 0 Å². The number of carboxylic acids is 1. The molecule has 1 saturated heterocycles. The van der Waals surface area contributed by atoms with Gasteiger partial charge in [-0.1, -0.05) is 60.7 Å². The number of halogens is 3. The van der Waals surface area contributed by atoms with Gasteiger partial charge in [-0.3, -0.25) is 9.69 Å². The molecule has 1 aliphatic heterocycles. The molecule has 0 saturated carbocycles. The molecular weight excluding hydrogens is 593 g/mol. The van der Waals surface area contributed by atoms with Crippen molar-refractivity contribution in [3.05, 3.63) is 119 Å². The summed E-state index contributed by atoms with van der Waals surface area (Å²) < 4.78 is 44.2. The minimum Gasteiger partial charge on any atom is -0.508 e. The summed E-state index contributed by atoms with van der Waals surface area (Å²) in [5.41, 5.74) is 6.50. The van der Waals surface area contributed by atoms with E-state index < -0.39 is 17.9 Å². The van der Waals surface area contributed by atoms with Crippen LogP contribution in [0, 0.1) is 6.92 Å². The lowest BCUT2D eigenvalue weighted by Gasteiger charge is -2.31. The van der Waals surface area contributed by atoms with Gasteiger partial charge in [0.25, 0.3) is 0 Å². The van der Waals surface area contributed by atoms with Crippen LogP contribution in [0.25, 0.3) is 22.0 Å². The fraction of sp³-hybridized carbons (Fsp3) is 0.270. The molecule has 4 aromatic carbocycles. The molecule has 0 unspecified atom stereocenters. The van der Waals surface area contributed by atoms with Crippen molar-refractivity contribution >= 4 is 16.9 Å². The van der Waals surface area contributed by atoms with Gasteiger partial charge < -0.3 is 19.5 Å². The third-order valence-corrected chi connectivity index (χ3v) is 9.20. The maximum absolute atomic E-state index is 12.7. The van der Waals surface area contributed by atoms with E-state index in [4.69, 9.17) is 0 Å². The summed E-state index contributed by atoms with van der Waals surface area (Å²) in [4.78, 5) is 14.0. The minimum absolute atomic E-state index is 0.123. The van der Waals surface area contributed by atoms with Crippen LogP contribution in [-0.2, 0) is 24.3 Å². The van der Waals surface area contributed by atoms with Crippen molar-refractivity contribution in [2.45, 2.75) is 58.1 Å². The molecule has 1 aliphatic rings. The molecule has 238 valence electrons. The first-order valence-corrected chi connectivity index (χ1v) is 15.2. The SMILES string of the molecule is Cc1c(Cc2cn(Cc3ccccc3)c3cc(CN4CCC[C@@]4(C)C(=O)O)c(O)cc23)cccc1-c1ccc(OC(F)(F)F)cc1. The fourth-order valence-electron chi connectivity index (χ4n) is 6.57. The smallest absolute Gasteiger partial charge is 0.508 e. The number of aromatic nitrogens is 1. The Balaban J connectivity index is 1.36. The van der Waals surface area contributed by atoms with E-state index in [9.17, 15) is 28.2 Å². The van der Waals surface area contributed by atoms with Crippen molar-refractivity contribution in [1.82, 2.24) is 9.47 Å². The number of ether oxygens (including phenoxy) is 1. The number of carboxylic acid groups (broad SMARTS) is 1. The average Bonchev–Trinajstić information content (AvgIpc) is 3.54. The molecule has 0 bridgehead atoms. The molecular formula is C37H35F3N2O4. The standard InChI is InChI=1S/C37H35F3N2O4/c1-24-27(10-6-11-31(24)26-12-14-30(15-13-26)46-37(38,39)40)18-28-22-41(21-25-8-4-3-5-9-25)33-19-29(34(43)20-32(28)33)23-42-17-7-16-36(42,2)35(44)45/h3-6,8-15,19-20,22,43H,7,16-18,21,23H2,1-2H3,(H,44,45)/t36-/m0/s1. The highest BCUT2D eigenvalue weighted by Crippen LogP contribution is 2.37. The molecule has 0 aliphatic carbocycles. The van der Waals surface area contributed by atoms with Crippen LogP contribution in [0.2, 0.25) is 0 Å². The number of hydrogen-bond donors (Lipinski definition) is 2. The predicted molar refractivity (Wildman–Crippen MR) is 171 cm³/mol. The maximum atomic E-state index is 12.7. The molecule has 2 heterocycles. The molecule has 6 nitrogen and oxygen atoms in total. The van der Waals surface area contributed by atoms with Crippen molar-refractivity contribution in [3.8, 4) is 22.6 Å². The number of aromatic hydroxyl groups is 1. The Labute approximate surface area is 265 Å². The van der Waals surface area contributed by atoms with Crippen LogP contribution >= 0.6 is 0 Å². The second-order valence-electron chi connectivity index (χ2n) is 12.2. The van der Waals surface area contributed by atoms with Crippen LogP contribution in [-0.4, -0.2) is 44.1 Å². The van der Waals surface area contributed by atoms with Gasteiger partial charge in [0.15, 0.2) is 0 Å². The highest BCUT2D eigenvalue weighted by molar-refractivity contribution is 5.87. The van der Waals surface area contributed by atoms with Crippen LogP contribution in [0.15, 0.2) is 91.1 Å². The van der Waals surface area contributed by atoms with Gasteiger partial charge in [-0.2, -0.15) is 0 Å². The Bertz CT molecular complexity index is 1880. The van der Waals surface area contributed by atoms with Crippen LogP contribution < -0.4 is 4.74 Å². The number of rotatable bonds is 9. The Morgan fingerprint density at radius 2 is 1.67 bits per heavy atom. The lowest BCUT2D eigenvalue weighted by atomic mass is 9.93. The van der Waals surface area contributed by atoms with Crippen molar-refractivity contribution in [1.29, 1.82) is 0 Å². The predicted octanol–water partition coefficient (Wildman–Crippen LogP) is 8.30. The van der Waals surface area contributed by atoms with Gasteiger partial charge in [0.05, 0.1) is 0 Å². The van der Waals surface area contributed by atoms with E-state index in [1.165, 1.54) is 12.1 Å². The number of phenols is 1. The van der Waals surface area contributed by atoms with Crippen LogP contribution in [0.1, 0.15) is 47.6 Å². The molecule has 46 heavy (non-hydrogen) atoms. The van der Waals surface area contributed by atoms with E-state index in [1.54, 1.807) is 25.1 Å². The van der Waals surface area contributed by atoms with Gasteiger partial charge in [-0.15, -0.1) is 13.2 Å². The first-order chi connectivity index (χ1) is 21.9. The second-order valence-corrected chi connectivity index (χ2v) is 12.2. The summed E-state index contributed by atoms with van der Waals surface area (Å²) in [7, 11) is 0. The van der Waals surface area contributed by atoms with Crippen LogP contribution in [0.4, 0.5) is 13.2 Å². The molecule has 9 heteroatoms. The van der Waals surface area contributed by atoms with E-state index in [2.05, 4.69) is 27.6 Å². The molecule has 2 N–H and O–H groups in total. The summed E-state index contributed by atoms with van der Waals surface area (Å²) in [6, 6.07) is 25.6. The summed E-state index contributed by atoms with van der Waals surface area (Å²) in [6.07, 6.45) is -0.740. The molecule has 0 radical (unpaired) electrons. The van der Waals surface area contributed by atoms with Gasteiger partial charge in [-0.05, 0) is 97.3 Å². The average molecular weight is 629 g/mol. The number of likely N-dealkylation sites (tertiary alicyclic amines) is 1. The molecule has 5 aromatic rings. The zero-order valence-electron chi connectivity index (χ0n) is 25.6. The topological polar surface area (TPSA) is 74.9 Å². The number of aliphatic carboxylic acids is 1. The number of benzene rings is 4. The van der Waals surface area contributed by atoms with Crippen LogP contribution in [0.5, 0.6) is 11.5 Å². The molecule has 6 rings (SSSR count). The summed E-state index contributed by atoms with van der Waals surface area (Å²) in [5.74, 6) is -1.01. The highest BCUT2D eigenvalue weighted by Gasteiger charge is 2.43. The zero-order chi connectivity index (χ0) is 32.6. The van der Waals surface area contributed by atoms with Gasteiger partial charge >= 0.3 is 12.3 Å². The third kappa shape index (κ3) is 6.33. The zero-order valence-corrected chi connectivity index (χ0v) is 25.6. The largest absolute Gasteiger partial charge is 0.573 e. The monoisotopic (exact) mass is 628 g/mol.